The van der Waals surface area contributed by atoms with Crippen molar-refractivity contribution in [3.63, 3.8) is 0 Å². The van der Waals surface area contributed by atoms with E-state index in [1.165, 1.54) is 0 Å². The molecule has 0 radical (unpaired) electrons. The summed E-state index contributed by atoms with van der Waals surface area (Å²) in [4.78, 5) is 0. The molecule has 0 unspecified atom stereocenters. The highest BCUT2D eigenvalue weighted by Crippen LogP contribution is 2.27. The van der Waals surface area contributed by atoms with Crippen molar-refractivity contribution >= 4 is 33.2 Å². The van der Waals surface area contributed by atoms with Gasteiger partial charge >= 0.3 is 0 Å². The third-order valence-electron chi connectivity index (χ3n) is 3.61. The van der Waals surface area contributed by atoms with Crippen LogP contribution in [0.25, 0.3) is 0 Å². The monoisotopic (exact) mass is 373 g/mol. The number of hydrogen-bond acceptors (Lipinski definition) is 3. The summed E-state index contributed by atoms with van der Waals surface area (Å²) in [5.74, 6) is 0. The van der Waals surface area contributed by atoms with Gasteiger partial charge in [0.05, 0.1) is 11.8 Å². The molecule has 0 amide bonds. The van der Waals surface area contributed by atoms with E-state index in [2.05, 4.69) is 27.1 Å². The molecule has 0 saturated carbocycles. The van der Waals surface area contributed by atoms with Gasteiger partial charge < -0.3 is 0 Å². The summed E-state index contributed by atoms with van der Waals surface area (Å²) in [6.07, 6.45) is 0.830. The van der Waals surface area contributed by atoms with Gasteiger partial charge in [0.2, 0.25) is 0 Å². The number of rotatable bonds is 3. The standard InChI is InChI=1S/C17H13BrClN3/c18-14-5-1-13(2-6-14)17(11-20)22-10-9-16(21-22)12-3-7-15(19)8-4-12/h1-8,17H,9-10H2/t17-/m1/s1. The van der Waals surface area contributed by atoms with Crippen LogP contribution in [0.4, 0.5) is 0 Å². The summed E-state index contributed by atoms with van der Waals surface area (Å²) in [7, 11) is 0. The third-order valence-corrected chi connectivity index (χ3v) is 4.39. The molecule has 2 aromatic rings. The lowest BCUT2D eigenvalue weighted by Crippen LogP contribution is -2.20. The number of hydrogen-bond donors (Lipinski definition) is 0. The lowest BCUT2D eigenvalue weighted by atomic mass is 10.1. The summed E-state index contributed by atoms with van der Waals surface area (Å²) in [5.41, 5.74) is 3.00. The minimum absolute atomic E-state index is 0.363. The van der Waals surface area contributed by atoms with E-state index in [0.29, 0.717) is 5.02 Å². The van der Waals surface area contributed by atoms with Crippen molar-refractivity contribution in [1.29, 1.82) is 5.26 Å². The van der Waals surface area contributed by atoms with Crippen LogP contribution in [0.2, 0.25) is 5.02 Å². The van der Waals surface area contributed by atoms with Crippen LogP contribution in [0, 0.1) is 11.3 Å². The lowest BCUT2D eigenvalue weighted by molar-refractivity contribution is 0.275. The second kappa shape index (κ2) is 6.51. The van der Waals surface area contributed by atoms with Gasteiger partial charge in [0.1, 0.15) is 0 Å². The van der Waals surface area contributed by atoms with Crippen molar-refractivity contribution in [3.8, 4) is 6.07 Å². The van der Waals surface area contributed by atoms with Gasteiger partial charge in [0, 0.05) is 22.5 Å². The van der Waals surface area contributed by atoms with E-state index in [9.17, 15) is 5.26 Å². The largest absolute Gasteiger partial charge is 0.275 e. The number of benzene rings is 2. The number of hydrazone groups is 1. The normalized spacial score (nSPS) is 15.3. The van der Waals surface area contributed by atoms with E-state index >= 15 is 0 Å². The smallest absolute Gasteiger partial charge is 0.158 e. The average Bonchev–Trinajstić information content (AvgIpc) is 3.00. The molecule has 1 heterocycles. The minimum atomic E-state index is -0.363. The molecular formula is C17H13BrClN3. The first kappa shape index (κ1) is 15.1. The Bertz CT molecular complexity index is 732. The van der Waals surface area contributed by atoms with Gasteiger partial charge in [0.25, 0.3) is 0 Å². The van der Waals surface area contributed by atoms with E-state index in [1.807, 2.05) is 53.5 Å². The fourth-order valence-electron chi connectivity index (χ4n) is 2.47. The molecular weight excluding hydrogens is 362 g/mol. The molecule has 110 valence electrons. The Kier molecular flexibility index (Phi) is 4.47. The molecule has 1 aliphatic heterocycles. The topological polar surface area (TPSA) is 39.4 Å². The molecule has 1 atom stereocenters. The summed E-state index contributed by atoms with van der Waals surface area (Å²) < 4.78 is 1.000. The predicted molar refractivity (Wildman–Crippen MR) is 91.8 cm³/mol. The van der Waals surface area contributed by atoms with Crippen LogP contribution < -0.4 is 0 Å². The second-order valence-electron chi connectivity index (χ2n) is 5.05. The average molecular weight is 375 g/mol. The Balaban J connectivity index is 1.84. The van der Waals surface area contributed by atoms with Crippen LogP contribution in [-0.2, 0) is 0 Å². The fraction of sp³-hybridized carbons (Fsp3) is 0.176. The Labute approximate surface area is 142 Å². The molecule has 22 heavy (non-hydrogen) atoms. The van der Waals surface area contributed by atoms with Gasteiger partial charge in [-0.25, -0.2) is 0 Å². The van der Waals surface area contributed by atoms with Crippen molar-refractivity contribution in [3.05, 3.63) is 69.2 Å². The number of nitrogens with zero attached hydrogens (tertiary/aromatic N) is 3. The zero-order chi connectivity index (χ0) is 15.5. The van der Waals surface area contributed by atoms with Gasteiger partial charge in [-0.1, -0.05) is 51.8 Å². The van der Waals surface area contributed by atoms with E-state index in [-0.39, 0.29) is 6.04 Å². The van der Waals surface area contributed by atoms with E-state index in [4.69, 9.17) is 11.6 Å². The highest BCUT2D eigenvalue weighted by molar-refractivity contribution is 9.10. The predicted octanol–water partition coefficient (Wildman–Crippen LogP) is 4.78. The van der Waals surface area contributed by atoms with Crippen molar-refractivity contribution < 1.29 is 0 Å². The minimum Gasteiger partial charge on any atom is -0.275 e. The summed E-state index contributed by atoms with van der Waals surface area (Å²) in [6, 6.07) is 17.4. The Morgan fingerprint density at radius 1 is 1.14 bits per heavy atom. The maximum atomic E-state index is 9.51. The molecule has 0 aromatic heterocycles. The Hall–Kier alpha value is -1.83. The van der Waals surface area contributed by atoms with Crippen molar-refractivity contribution in [2.75, 3.05) is 6.54 Å². The zero-order valence-corrected chi connectivity index (χ0v) is 14.0. The molecule has 0 saturated heterocycles. The van der Waals surface area contributed by atoms with E-state index < -0.39 is 0 Å². The first-order valence-electron chi connectivity index (χ1n) is 6.92. The molecule has 0 N–H and O–H groups in total. The van der Waals surface area contributed by atoms with Crippen molar-refractivity contribution in [1.82, 2.24) is 5.01 Å². The van der Waals surface area contributed by atoms with Gasteiger partial charge in [0.15, 0.2) is 6.04 Å². The molecule has 5 heteroatoms. The fourth-order valence-corrected chi connectivity index (χ4v) is 2.86. The van der Waals surface area contributed by atoms with Crippen LogP contribution in [0.1, 0.15) is 23.6 Å². The highest BCUT2D eigenvalue weighted by Gasteiger charge is 2.24. The maximum absolute atomic E-state index is 9.51. The Morgan fingerprint density at radius 3 is 2.45 bits per heavy atom. The third kappa shape index (κ3) is 3.16. The van der Waals surface area contributed by atoms with Gasteiger partial charge in [-0.15, -0.1) is 0 Å². The first-order valence-corrected chi connectivity index (χ1v) is 8.09. The second-order valence-corrected chi connectivity index (χ2v) is 6.40. The first-order chi connectivity index (χ1) is 10.7. The SMILES string of the molecule is N#C[C@H](c1ccc(Br)cc1)N1CCC(c2ccc(Cl)cc2)=N1. The van der Waals surface area contributed by atoms with Crippen LogP contribution in [0.15, 0.2) is 58.1 Å². The van der Waals surface area contributed by atoms with Crippen LogP contribution in [0.5, 0.6) is 0 Å². The molecule has 0 fully saturated rings. The summed E-state index contributed by atoms with van der Waals surface area (Å²) >= 11 is 9.33. The molecule has 2 aromatic carbocycles. The quantitative estimate of drug-likeness (QED) is 0.776. The van der Waals surface area contributed by atoms with Crippen molar-refractivity contribution in [2.45, 2.75) is 12.5 Å². The van der Waals surface area contributed by atoms with Crippen LogP contribution in [0.3, 0.4) is 0 Å². The lowest BCUT2D eigenvalue weighted by Gasteiger charge is -2.20. The molecule has 1 aliphatic rings. The molecule has 0 aliphatic carbocycles. The zero-order valence-electron chi connectivity index (χ0n) is 11.7. The van der Waals surface area contributed by atoms with Gasteiger partial charge in [-0.3, -0.25) is 5.01 Å². The van der Waals surface area contributed by atoms with Gasteiger partial charge in [-0.2, -0.15) is 10.4 Å². The number of halogens is 2. The van der Waals surface area contributed by atoms with Crippen molar-refractivity contribution in [2.24, 2.45) is 5.10 Å². The summed E-state index contributed by atoms with van der Waals surface area (Å²) in [6.45, 7) is 0.742. The molecule has 3 rings (SSSR count). The highest BCUT2D eigenvalue weighted by atomic mass is 79.9. The molecule has 0 spiro atoms. The molecule has 3 nitrogen and oxygen atoms in total. The number of nitriles is 1. The van der Waals surface area contributed by atoms with Gasteiger partial charge in [-0.05, 0) is 35.4 Å². The van der Waals surface area contributed by atoms with E-state index in [1.54, 1.807) is 0 Å². The molecule has 0 bridgehead atoms. The Morgan fingerprint density at radius 2 is 1.82 bits per heavy atom. The van der Waals surface area contributed by atoms with E-state index in [0.717, 1.165) is 34.3 Å². The van der Waals surface area contributed by atoms with Crippen LogP contribution in [-0.4, -0.2) is 17.3 Å². The summed E-state index contributed by atoms with van der Waals surface area (Å²) in [5, 5.41) is 16.7. The van der Waals surface area contributed by atoms with Crippen LogP contribution >= 0.6 is 27.5 Å². The maximum Gasteiger partial charge on any atom is 0.158 e.